The van der Waals surface area contributed by atoms with Gasteiger partial charge in [0.25, 0.3) is 0 Å². The van der Waals surface area contributed by atoms with Crippen molar-refractivity contribution in [3.8, 4) is 11.1 Å². The smallest absolute Gasteiger partial charge is 0.407 e. The number of nitrogens with zero attached hydrogens (tertiary/aromatic N) is 3. The number of amides is 1. The molecule has 0 aromatic heterocycles. The lowest BCUT2D eigenvalue weighted by atomic mass is 9.98. The third-order valence-corrected chi connectivity index (χ3v) is 4.13. The maximum absolute atomic E-state index is 11.9. The molecule has 0 saturated carbocycles. The Labute approximate surface area is 140 Å². The van der Waals surface area contributed by atoms with E-state index in [1.165, 1.54) is 22.3 Å². The van der Waals surface area contributed by atoms with E-state index in [-0.39, 0.29) is 25.1 Å². The number of benzene rings is 2. The molecule has 1 aliphatic rings. The zero-order valence-corrected chi connectivity index (χ0v) is 13.3. The van der Waals surface area contributed by atoms with Crippen LogP contribution < -0.4 is 5.32 Å². The number of fused-ring (bicyclic) bond motifs is 3. The molecule has 1 aliphatic carbocycles. The Morgan fingerprint density at radius 1 is 1.21 bits per heavy atom. The monoisotopic (exact) mass is 322 g/mol. The van der Waals surface area contributed by atoms with Crippen LogP contribution in [0, 0.1) is 0 Å². The molecule has 0 radical (unpaired) electrons. The molecule has 0 fully saturated rings. The first-order chi connectivity index (χ1) is 11.7. The number of ether oxygens (including phenoxy) is 1. The van der Waals surface area contributed by atoms with E-state index in [9.17, 15) is 4.79 Å². The Morgan fingerprint density at radius 2 is 1.79 bits per heavy atom. The lowest BCUT2D eigenvalue weighted by Gasteiger charge is -2.16. The highest BCUT2D eigenvalue weighted by atomic mass is 16.5. The maximum Gasteiger partial charge on any atom is 0.407 e. The Balaban J connectivity index is 1.69. The second-order valence-electron chi connectivity index (χ2n) is 5.78. The summed E-state index contributed by atoms with van der Waals surface area (Å²) in [5, 5.41) is 6.09. The molecule has 0 spiro atoms. The average Bonchev–Trinajstić information content (AvgIpc) is 2.92. The molecule has 1 amide bonds. The fourth-order valence-electron chi connectivity index (χ4n) is 3.05. The molecule has 6 nitrogen and oxygen atoms in total. The summed E-state index contributed by atoms with van der Waals surface area (Å²) in [6.07, 6.45) is -0.502. The van der Waals surface area contributed by atoms with E-state index in [4.69, 9.17) is 10.3 Å². The fourth-order valence-corrected chi connectivity index (χ4v) is 3.05. The van der Waals surface area contributed by atoms with Gasteiger partial charge >= 0.3 is 6.09 Å². The summed E-state index contributed by atoms with van der Waals surface area (Å²) in [5.74, 6) is 0.0376. The van der Waals surface area contributed by atoms with Gasteiger partial charge in [-0.15, -0.1) is 0 Å². The van der Waals surface area contributed by atoms with Crippen LogP contribution in [0.4, 0.5) is 4.79 Å². The second-order valence-corrected chi connectivity index (χ2v) is 5.78. The van der Waals surface area contributed by atoms with Gasteiger partial charge in [-0.2, -0.15) is 0 Å². The van der Waals surface area contributed by atoms with E-state index in [0.717, 1.165) is 0 Å². The SMILES string of the molecule is C[C@@H](CN=[N+]=[N-])NC(=O)OCC1c2ccccc2-c2ccccc21. The van der Waals surface area contributed by atoms with Gasteiger partial charge in [-0.05, 0) is 34.7 Å². The van der Waals surface area contributed by atoms with Crippen LogP contribution in [0.3, 0.4) is 0 Å². The maximum atomic E-state index is 11.9. The Bertz CT molecular complexity index is 754. The van der Waals surface area contributed by atoms with E-state index in [0.29, 0.717) is 0 Å². The molecule has 0 saturated heterocycles. The lowest BCUT2D eigenvalue weighted by Crippen LogP contribution is -2.35. The molecule has 0 heterocycles. The number of nitrogens with one attached hydrogen (secondary N) is 1. The van der Waals surface area contributed by atoms with E-state index < -0.39 is 6.09 Å². The summed E-state index contributed by atoms with van der Waals surface area (Å²) in [5.41, 5.74) is 13.0. The van der Waals surface area contributed by atoms with Crippen LogP contribution >= 0.6 is 0 Å². The fraction of sp³-hybridized carbons (Fsp3) is 0.278. The molecule has 2 aromatic carbocycles. The van der Waals surface area contributed by atoms with Crippen molar-refractivity contribution in [1.82, 2.24) is 5.32 Å². The zero-order valence-electron chi connectivity index (χ0n) is 13.3. The third kappa shape index (κ3) is 3.19. The van der Waals surface area contributed by atoms with Crippen molar-refractivity contribution in [2.24, 2.45) is 5.11 Å². The predicted octanol–water partition coefficient (Wildman–Crippen LogP) is 4.22. The van der Waals surface area contributed by atoms with Gasteiger partial charge in [0.15, 0.2) is 0 Å². The van der Waals surface area contributed by atoms with E-state index in [2.05, 4.69) is 39.6 Å². The first kappa shape index (κ1) is 15.9. The van der Waals surface area contributed by atoms with Gasteiger partial charge in [0.05, 0.1) is 0 Å². The van der Waals surface area contributed by atoms with Crippen molar-refractivity contribution in [1.29, 1.82) is 0 Å². The summed E-state index contributed by atoms with van der Waals surface area (Å²) < 4.78 is 5.41. The molecule has 1 atom stereocenters. The lowest BCUT2D eigenvalue weighted by molar-refractivity contribution is 0.140. The van der Waals surface area contributed by atoms with Gasteiger partial charge in [-0.25, -0.2) is 4.79 Å². The minimum atomic E-state index is -0.502. The summed E-state index contributed by atoms with van der Waals surface area (Å²) in [6, 6.07) is 16.1. The van der Waals surface area contributed by atoms with Gasteiger partial charge in [-0.1, -0.05) is 53.6 Å². The van der Waals surface area contributed by atoms with Crippen molar-refractivity contribution in [2.75, 3.05) is 13.2 Å². The molecule has 1 N–H and O–H groups in total. The normalized spacial score (nSPS) is 13.4. The van der Waals surface area contributed by atoms with Gasteiger partial charge in [-0.3, -0.25) is 0 Å². The minimum absolute atomic E-state index is 0.0376. The van der Waals surface area contributed by atoms with Crippen molar-refractivity contribution in [3.63, 3.8) is 0 Å². The van der Waals surface area contributed by atoms with Crippen LogP contribution in [-0.2, 0) is 4.74 Å². The molecule has 122 valence electrons. The Morgan fingerprint density at radius 3 is 2.38 bits per heavy atom. The van der Waals surface area contributed by atoms with Gasteiger partial charge in [0, 0.05) is 23.4 Å². The number of carbonyl (C=O) groups is 1. The first-order valence-corrected chi connectivity index (χ1v) is 7.83. The van der Waals surface area contributed by atoms with E-state index >= 15 is 0 Å². The van der Waals surface area contributed by atoms with Gasteiger partial charge < -0.3 is 10.1 Å². The van der Waals surface area contributed by atoms with Crippen molar-refractivity contribution in [2.45, 2.75) is 18.9 Å². The number of hydrogen-bond donors (Lipinski definition) is 1. The Kier molecular flexibility index (Phi) is 4.68. The highest BCUT2D eigenvalue weighted by molar-refractivity contribution is 5.79. The summed E-state index contributed by atoms with van der Waals surface area (Å²) in [6.45, 7) is 2.23. The zero-order chi connectivity index (χ0) is 16.9. The number of alkyl carbamates (subject to hydrolysis) is 1. The predicted molar refractivity (Wildman–Crippen MR) is 91.7 cm³/mol. The molecular formula is C18H18N4O2. The Hall–Kier alpha value is -2.98. The van der Waals surface area contributed by atoms with E-state index in [1.807, 2.05) is 24.3 Å². The summed E-state index contributed by atoms with van der Waals surface area (Å²) in [4.78, 5) is 14.6. The molecule has 0 unspecified atom stereocenters. The van der Waals surface area contributed by atoms with Gasteiger partial charge in [0.2, 0.25) is 0 Å². The second kappa shape index (κ2) is 7.06. The summed E-state index contributed by atoms with van der Waals surface area (Å²) in [7, 11) is 0. The van der Waals surface area contributed by atoms with Crippen LogP contribution in [0.1, 0.15) is 24.0 Å². The van der Waals surface area contributed by atoms with E-state index in [1.54, 1.807) is 6.92 Å². The van der Waals surface area contributed by atoms with Crippen LogP contribution in [-0.4, -0.2) is 25.3 Å². The highest BCUT2D eigenvalue weighted by Gasteiger charge is 2.29. The largest absolute Gasteiger partial charge is 0.449 e. The van der Waals surface area contributed by atoms with Crippen molar-refractivity contribution in [3.05, 3.63) is 70.1 Å². The minimum Gasteiger partial charge on any atom is -0.449 e. The number of carbonyl (C=O) groups excluding carboxylic acids is 1. The molecule has 24 heavy (non-hydrogen) atoms. The van der Waals surface area contributed by atoms with Crippen LogP contribution in [0.15, 0.2) is 53.6 Å². The summed E-state index contributed by atoms with van der Waals surface area (Å²) >= 11 is 0. The molecule has 0 aliphatic heterocycles. The van der Waals surface area contributed by atoms with Crippen LogP contribution in [0.25, 0.3) is 21.6 Å². The standard InChI is InChI=1S/C18H18N4O2/c1-12(10-20-22-19)21-18(23)24-11-17-15-8-4-2-6-13(15)14-7-3-5-9-16(14)17/h2-9,12,17H,10-11H2,1H3,(H,21,23)/t12-/m0/s1. The highest BCUT2D eigenvalue weighted by Crippen LogP contribution is 2.44. The van der Waals surface area contributed by atoms with Crippen LogP contribution in [0.2, 0.25) is 0 Å². The number of rotatable bonds is 5. The molecule has 3 rings (SSSR count). The van der Waals surface area contributed by atoms with Gasteiger partial charge in [0.1, 0.15) is 6.61 Å². The molecular weight excluding hydrogens is 304 g/mol. The third-order valence-electron chi connectivity index (χ3n) is 4.13. The van der Waals surface area contributed by atoms with Crippen molar-refractivity contribution >= 4 is 6.09 Å². The average molecular weight is 322 g/mol. The molecule has 2 aromatic rings. The topological polar surface area (TPSA) is 87.1 Å². The molecule has 0 bridgehead atoms. The molecule has 6 heteroatoms. The number of azide groups is 1. The number of hydrogen-bond acceptors (Lipinski definition) is 3. The first-order valence-electron chi connectivity index (χ1n) is 7.83. The van der Waals surface area contributed by atoms with Crippen LogP contribution in [0.5, 0.6) is 0 Å². The quantitative estimate of drug-likeness (QED) is 0.507. The van der Waals surface area contributed by atoms with Crippen molar-refractivity contribution < 1.29 is 9.53 Å².